The van der Waals surface area contributed by atoms with Crippen LogP contribution < -0.4 is 4.65 Å². The van der Waals surface area contributed by atoms with E-state index in [0.29, 0.717) is 10.5 Å². The Morgan fingerprint density at radius 2 is 1.73 bits per heavy atom. The lowest BCUT2D eigenvalue weighted by Crippen LogP contribution is -2.37. The third kappa shape index (κ3) is 2.72. The average molecular weight is 189 g/mol. The molecule has 0 aliphatic heterocycles. The second kappa shape index (κ2) is 3.87. The van der Waals surface area contributed by atoms with E-state index in [1.54, 1.807) is 0 Å². The first kappa shape index (κ1) is 11.4. The summed E-state index contributed by atoms with van der Waals surface area (Å²) in [5, 5.41) is 0.559. The Labute approximate surface area is 76.7 Å². The van der Waals surface area contributed by atoms with Crippen molar-refractivity contribution in [2.45, 2.75) is 46.1 Å². The first-order valence-corrected chi connectivity index (χ1v) is 6.93. The summed E-state index contributed by atoms with van der Waals surface area (Å²) in [5.41, 5.74) is 0.511. The Morgan fingerprint density at radius 1 is 1.27 bits per heavy atom. The van der Waals surface area contributed by atoms with E-state index < -0.39 is 0 Å². The second-order valence-electron chi connectivity index (χ2n) is 4.65. The van der Waals surface area contributed by atoms with Crippen molar-refractivity contribution in [3.05, 3.63) is 0 Å². The molecule has 0 aliphatic carbocycles. The molecule has 0 aromatic rings. The lowest BCUT2D eigenvalue weighted by atomic mass is 9.78. The van der Waals surface area contributed by atoms with E-state index in [4.69, 9.17) is 0 Å². The summed E-state index contributed by atoms with van der Waals surface area (Å²) in [7, 11) is 1.11. The van der Waals surface area contributed by atoms with Crippen molar-refractivity contribution in [3.63, 3.8) is 0 Å². The van der Waals surface area contributed by atoms with Crippen LogP contribution in [-0.2, 0) is 0 Å². The van der Waals surface area contributed by atoms with Crippen LogP contribution in [0.3, 0.4) is 0 Å². The van der Waals surface area contributed by atoms with E-state index in [-0.39, 0.29) is 9.68 Å². The van der Waals surface area contributed by atoms with Crippen LogP contribution in [0.5, 0.6) is 0 Å². The summed E-state index contributed by atoms with van der Waals surface area (Å²) in [5.74, 6) is 0. The van der Waals surface area contributed by atoms with Gasteiger partial charge in [-0.25, -0.2) is 0 Å². The molecule has 0 radical (unpaired) electrons. The second-order valence-corrected chi connectivity index (χ2v) is 9.60. The third-order valence-corrected chi connectivity index (χ3v) is 6.59. The van der Waals surface area contributed by atoms with E-state index in [1.165, 1.54) is 16.8 Å². The van der Waals surface area contributed by atoms with Gasteiger partial charge in [0.15, 0.2) is 0 Å². The van der Waals surface area contributed by atoms with Crippen LogP contribution >= 0.6 is 0 Å². The van der Waals surface area contributed by atoms with Gasteiger partial charge in [-0.15, -0.1) is 0 Å². The van der Waals surface area contributed by atoms with Crippen molar-refractivity contribution in [3.8, 4) is 0 Å². The van der Waals surface area contributed by atoms with Gasteiger partial charge in [0, 0.05) is 0 Å². The summed E-state index contributed by atoms with van der Waals surface area (Å²) in [6, 6.07) is 0. The van der Waals surface area contributed by atoms with Gasteiger partial charge in [-0.2, -0.15) is 0 Å². The molecule has 0 heterocycles. The van der Waals surface area contributed by atoms with Gasteiger partial charge in [-0.3, -0.25) is 0 Å². The van der Waals surface area contributed by atoms with E-state index >= 15 is 0 Å². The standard InChI is InChI=1S/C8H23NSi2/c1-6-7(2,3)8(4,5)11-9-10/h9H,6,11H2,1-5,10H3. The van der Waals surface area contributed by atoms with E-state index in [1.807, 2.05) is 0 Å². The lowest BCUT2D eigenvalue weighted by molar-refractivity contribution is 0.253. The minimum absolute atomic E-state index is 0.0538. The third-order valence-electron chi connectivity index (χ3n) is 3.33. The zero-order valence-electron chi connectivity index (χ0n) is 8.91. The monoisotopic (exact) mass is 189 g/mol. The predicted molar refractivity (Wildman–Crippen MR) is 59.7 cm³/mol. The Kier molecular flexibility index (Phi) is 4.01. The fourth-order valence-corrected chi connectivity index (χ4v) is 5.42. The molecule has 0 unspecified atom stereocenters. The lowest BCUT2D eigenvalue weighted by Gasteiger charge is -2.41. The van der Waals surface area contributed by atoms with E-state index in [0.717, 1.165) is 0 Å². The van der Waals surface area contributed by atoms with Gasteiger partial charge in [0.2, 0.25) is 0 Å². The minimum atomic E-state index is -0.0538. The molecular weight excluding hydrogens is 166 g/mol. The van der Waals surface area contributed by atoms with Crippen LogP contribution in [0.25, 0.3) is 0 Å². The molecule has 3 heteroatoms. The Bertz CT molecular complexity index is 121. The quantitative estimate of drug-likeness (QED) is 0.638. The molecule has 0 bridgehead atoms. The van der Waals surface area contributed by atoms with Crippen molar-refractivity contribution in [2.75, 3.05) is 0 Å². The van der Waals surface area contributed by atoms with Crippen molar-refractivity contribution >= 4 is 20.1 Å². The van der Waals surface area contributed by atoms with Crippen LogP contribution in [0.15, 0.2) is 0 Å². The van der Waals surface area contributed by atoms with Gasteiger partial charge in [0.1, 0.15) is 0 Å². The summed E-state index contributed by atoms with van der Waals surface area (Å²) < 4.78 is 3.53. The predicted octanol–water partition coefficient (Wildman–Crippen LogP) is 0.575. The van der Waals surface area contributed by atoms with Crippen LogP contribution in [0, 0.1) is 5.41 Å². The molecule has 0 saturated carbocycles. The largest absolute Gasteiger partial charge is 0.371 e. The van der Waals surface area contributed by atoms with Crippen LogP contribution in [0.4, 0.5) is 0 Å². The van der Waals surface area contributed by atoms with E-state index in [9.17, 15) is 0 Å². The van der Waals surface area contributed by atoms with Gasteiger partial charge in [0.05, 0.1) is 20.1 Å². The molecule has 0 spiro atoms. The summed E-state index contributed by atoms with van der Waals surface area (Å²) in [4.78, 5) is 0. The highest BCUT2D eigenvalue weighted by Gasteiger charge is 2.34. The highest BCUT2D eigenvalue weighted by atomic mass is 28.3. The molecule has 0 rings (SSSR count). The van der Waals surface area contributed by atoms with Crippen LogP contribution in [-0.4, -0.2) is 20.1 Å². The maximum atomic E-state index is 3.53. The molecule has 1 nitrogen and oxygen atoms in total. The average Bonchev–Trinajstić information content (AvgIpc) is 1.87. The molecular formula is C8H23NSi2. The maximum absolute atomic E-state index is 3.53. The number of hydrogen-bond acceptors (Lipinski definition) is 1. The summed E-state index contributed by atoms with van der Waals surface area (Å²) in [6.45, 7) is 11.9. The fraction of sp³-hybridized carbons (Fsp3) is 1.00. The molecule has 1 N–H and O–H groups in total. The minimum Gasteiger partial charge on any atom is -0.371 e. The number of rotatable bonds is 4. The van der Waals surface area contributed by atoms with Gasteiger partial charge in [-0.05, 0) is 10.5 Å². The molecule has 0 fully saturated rings. The molecule has 0 saturated heterocycles. The van der Waals surface area contributed by atoms with Crippen molar-refractivity contribution in [2.24, 2.45) is 5.41 Å². The fourth-order valence-electron chi connectivity index (χ4n) is 1.16. The SMILES string of the molecule is CCC(C)(C)C(C)(C)[SiH2]N[SiH3]. The molecule has 0 aliphatic rings. The molecule has 68 valence electrons. The van der Waals surface area contributed by atoms with Gasteiger partial charge in [0.25, 0.3) is 0 Å². The summed E-state index contributed by atoms with van der Waals surface area (Å²) >= 11 is 0. The normalized spacial score (nSPS) is 15.0. The van der Waals surface area contributed by atoms with Gasteiger partial charge in [-0.1, -0.05) is 41.0 Å². The number of hydrogen-bond donors (Lipinski definition) is 1. The van der Waals surface area contributed by atoms with E-state index in [2.05, 4.69) is 39.3 Å². The number of nitrogens with one attached hydrogen (secondary N) is 1. The van der Waals surface area contributed by atoms with Crippen molar-refractivity contribution in [1.29, 1.82) is 0 Å². The first-order chi connectivity index (χ1) is 4.87. The first-order valence-electron chi connectivity index (χ1n) is 4.52. The zero-order chi connectivity index (χ0) is 9.12. The highest BCUT2D eigenvalue weighted by Crippen LogP contribution is 2.45. The Balaban J connectivity index is 4.26. The maximum Gasteiger partial charge on any atom is 0.0905 e. The van der Waals surface area contributed by atoms with Crippen LogP contribution in [0.2, 0.25) is 5.04 Å². The van der Waals surface area contributed by atoms with Crippen molar-refractivity contribution < 1.29 is 0 Å². The topological polar surface area (TPSA) is 12.0 Å². The van der Waals surface area contributed by atoms with Crippen molar-refractivity contribution in [1.82, 2.24) is 4.65 Å². The van der Waals surface area contributed by atoms with Gasteiger partial charge < -0.3 is 4.65 Å². The Morgan fingerprint density at radius 3 is 2.00 bits per heavy atom. The molecule has 0 aromatic carbocycles. The zero-order valence-corrected chi connectivity index (χ0v) is 12.3. The molecule has 11 heavy (non-hydrogen) atoms. The summed E-state index contributed by atoms with van der Waals surface area (Å²) in [6.07, 6.45) is 1.29. The highest BCUT2D eigenvalue weighted by molar-refractivity contribution is 6.45. The molecule has 0 atom stereocenters. The molecule has 0 aromatic heterocycles. The Hall–Kier alpha value is 0.394. The van der Waals surface area contributed by atoms with Crippen LogP contribution in [0.1, 0.15) is 41.0 Å². The van der Waals surface area contributed by atoms with Gasteiger partial charge >= 0.3 is 0 Å². The smallest absolute Gasteiger partial charge is 0.0905 e. The molecule has 0 amide bonds.